The number of ketones is 1. The summed E-state index contributed by atoms with van der Waals surface area (Å²) in [5.74, 6) is 0.179. The van der Waals surface area contributed by atoms with Crippen molar-refractivity contribution in [2.24, 2.45) is 0 Å². The highest BCUT2D eigenvalue weighted by molar-refractivity contribution is 6.08. The van der Waals surface area contributed by atoms with Crippen LogP contribution in [0.5, 0.6) is 0 Å². The second-order valence-corrected chi connectivity index (χ2v) is 5.34. The zero-order valence-corrected chi connectivity index (χ0v) is 11.6. The Morgan fingerprint density at radius 1 is 1.26 bits per heavy atom. The minimum atomic E-state index is 0.179. The van der Waals surface area contributed by atoms with Crippen molar-refractivity contribution >= 4 is 16.7 Å². The van der Waals surface area contributed by atoms with E-state index in [1.165, 1.54) is 24.0 Å². The van der Waals surface area contributed by atoms with E-state index < -0.39 is 0 Å². The van der Waals surface area contributed by atoms with Gasteiger partial charge in [0.2, 0.25) is 0 Å². The van der Waals surface area contributed by atoms with Gasteiger partial charge in [0.15, 0.2) is 5.78 Å². The SMILES string of the molecule is CCc1cccc2c(C(C)=O)c3c(nc12)CCCC3. The Labute approximate surface area is 113 Å². The smallest absolute Gasteiger partial charge is 0.160 e. The van der Waals surface area contributed by atoms with Crippen molar-refractivity contribution in [2.45, 2.75) is 46.0 Å². The first-order valence-electron chi connectivity index (χ1n) is 7.16. The van der Waals surface area contributed by atoms with Crippen LogP contribution in [0.2, 0.25) is 0 Å². The Hall–Kier alpha value is -1.70. The molecular formula is C17H19NO. The highest BCUT2D eigenvalue weighted by Crippen LogP contribution is 2.31. The number of pyridine rings is 1. The lowest BCUT2D eigenvalue weighted by atomic mass is 9.87. The maximum Gasteiger partial charge on any atom is 0.160 e. The third-order valence-corrected chi connectivity index (χ3v) is 4.11. The number of rotatable bonds is 2. The summed E-state index contributed by atoms with van der Waals surface area (Å²) in [6.45, 7) is 3.83. The molecule has 0 amide bonds. The van der Waals surface area contributed by atoms with E-state index in [0.717, 1.165) is 41.4 Å². The summed E-state index contributed by atoms with van der Waals surface area (Å²) in [6, 6.07) is 6.21. The number of fused-ring (bicyclic) bond motifs is 2. The van der Waals surface area contributed by atoms with Crippen LogP contribution in [0.25, 0.3) is 10.9 Å². The quantitative estimate of drug-likeness (QED) is 0.760. The third-order valence-electron chi connectivity index (χ3n) is 4.11. The molecule has 2 heteroatoms. The predicted molar refractivity (Wildman–Crippen MR) is 77.8 cm³/mol. The van der Waals surface area contributed by atoms with E-state index in [1.54, 1.807) is 6.92 Å². The molecule has 0 radical (unpaired) electrons. The van der Waals surface area contributed by atoms with Gasteiger partial charge < -0.3 is 0 Å². The molecule has 0 aliphatic heterocycles. The Kier molecular flexibility index (Phi) is 3.09. The van der Waals surface area contributed by atoms with Gasteiger partial charge in [0.1, 0.15) is 0 Å². The zero-order valence-electron chi connectivity index (χ0n) is 11.6. The molecule has 1 aromatic carbocycles. The third kappa shape index (κ3) is 1.95. The van der Waals surface area contributed by atoms with Crippen molar-refractivity contribution in [3.63, 3.8) is 0 Å². The Balaban J connectivity index is 2.42. The molecule has 0 saturated carbocycles. The summed E-state index contributed by atoms with van der Waals surface area (Å²) in [7, 11) is 0. The van der Waals surface area contributed by atoms with E-state index in [-0.39, 0.29) is 5.78 Å². The van der Waals surface area contributed by atoms with Gasteiger partial charge in [-0.25, -0.2) is 0 Å². The van der Waals surface area contributed by atoms with Crippen LogP contribution >= 0.6 is 0 Å². The highest BCUT2D eigenvalue weighted by atomic mass is 16.1. The van der Waals surface area contributed by atoms with Crippen molar-refractivity contribution in [3.8, 4) is 0 Å². The van der Waals surface area contributed by atoms with Crippen LogP contribution in [0.1, 0.15) is 53.9 Å². The van der Waals surface area contributed by atoms with Gasteiger partial charge in [-0.05, 0) is 50.2 Å². The van der Waals surface area contributed by atoms with E-state index in [2.05, 4.69) is 13.0 Å². The largest absolute Gasteiger partial charge is 0.294 e. The molecule has 0 saturated heterocycles. The van der Waals surface area contributed by atoms with Crippen LogP contribution in [0.3, 0.4) is 0 Å². The van der Waals surface area contributed by atoms with Gasteiger partial charge >= 0.3 is 0 Å². The van der Waals surface area contributed by atoms with Gasteiger partial charge in [0, 0.05) is 16.6 Å². The van der Waals surface area contributed by atoms with Gasteiger partial charge in [-0.3, -0.25) is 9.78 Å². The summed E-state index contributed by atoms with van der Waals surface area (Å²) < 4.78 is 0. The molecule has 19 heavy (non-hydrogen) atoms. The van der Waals surface area contributed by atoms with E-state index in [4.69, 9.17) is 4.98 Å². The van der Waals surface area contributed by atoms with Crippen LogP contribution in [-0.2, 0) is 19.3 Å². The Morgan fingerprint density at radius 3 is 2.79 bits per heavy atom. The van der Waals surface area contributed by atoms with Crippen LogP contribution in [0.15, 0.2) is 18.2 Å². The lowest BCUT2D eigenvalue weighted by Crippen LogP contribution is -2.12. The molecule has 0 bridgehead atoms. The van der Waals surface area contributed by atoms with Gasteiger partial charge in [-0.1, -0.05) is 25.1 Å². The fraction of sp³-hybridized carbons (Fsp3) is 0.412. The second-order valence-electron chi connectivity index (χ2n) is 5.34. The average Bonchev–Trinajstić information content (AvgIpc) is 2.43. The second kappa shape index (κ2) is 4.76. The molecule has 0 unspecified atom stereocenters. The number of hydrogen-bond donors (Lipinski definition) is 0. The molecule has 1 aromatic heterocycles. The number of carbonyl (C=O) groups is 1. The molecular weight excluding hydrogens is 234 g/mol. The van der Waals surface area contributed by atoms with Gasteiger partial charge in [-0.15, -0.1) is 0 Å². The number of nitrogens with zero attached hydrogens (tertiary/aromatic N) is 1. The van der Waals surface area contributed by atoms with Crippen LogP contribution in [0, 0.1) is 0 Å². The van der Waals surface area contributed by atoms with Gasteiger partial charge in [-0.2, -0.15) is 0 Å². The number of benzene rings is 1. The highest BCUT2D eigenvalue weighted by Gasteiger charge is 2.21. The van der Waals surface area contributed by atoms with Crippen molar-refractivity contribution in [1.29, 1.82) is 0 Å². The summed E-state index contributed by atoms with van der Waals surface area (Å²) in [5, 5.41) is 1.05. The number of carbonyl (C=O) groups excluding carboxylic acids is 1. The van der Waals surface area contributed by atoms with Crippen molar-refractivity contribution in [2.75, 3.05) is 0 Å². The van der Waals surface area contributed by atoms with Crippen molar-refractivity contribution in [1.82, 2.24) is 4.98 Å². The monoisotopic (exact) mass is 253 g/mol. The molecule has 2 aromatic rings. The first-order chi connectivity index (χ1) is 9.22. The summed E-state index contributed by atoms with van der Waals surface area (Å²) in [6.07, 6.45) is 5.35. The maximum atomic E-state index is 12.1. The normalized spacial score (nSPS) is 14.4. The number of hydrogen-bond acceptors (Lipinski definition) is 2. The summed E-state index contributed by atoms with van der Waals surface area (Å²) >= 11 is 0. The summed E-state index contributed by atoms with van der Waals surface area (Å²) in [5.41, 5.74) is 5.57. The maximum absolute atomic E-state index is 12.1. The fourth-order valence-electron chi connectivity index (χ4n) is 3.19. The lowest BCUT2D eigenvalue weighted by molar-refractivity contribution is 0.101. The topological polar surface area (TPSA) is 30.0 Å². The van der Waals surface area contributed by atoms with E-state index >= 15 is 0 Å². The van der Waals surface area contributed by atoms with Crippen molar-refractivity contribution < 1.29 is 4.79 Å². The van der Waals surface area contributed by atoms with E-state index in [1.807, 2.05) is 12.1 Å². The molecule has 1 heterocycles. The summed E-state index contributed by atoms with van der Waals surface area (Å²) in [4.78, 5) is 17.0. The van der Waals surface area contributed by atoms with Crippen LogP contribution in [0.4, 0.5) is 0 Å². The first-order valence-corrected chi connectivity index (χ1v) is 7.16. The minimum Gasteiger partial charge on any atom is -0.294 e. The van der Waals surface area contributed by atoms with Gasteiger partial charge in [0.25, 0.3) is 0 Å². The first kappa shape index (κ1) is 12.3. The van der Waals surface area contributed by atoms with Crippen molar-refractivity contribution in [3.05, 3.63) is 40.6 Å². The molecule has 1 aliphatic carbocycles. The average molecular weight is 253 g/mol. The van der Waals surface area contributed by atoms with Crippen LogP contribution < -0.4 is 0 Å². The number of Topliss-reactive ketones (excluding diaryl/α,β-unsaturated/α-hetero) is 1. The molecule has 0 atom stereocenters. The van der Waals surface area contributed by atoms with Crippen LogP contribution in [-0.4, -0.2) is 10.8 Å². The molecule has 3 rings (SSSR count). The molecule has 0 fully saturated rings. The van der Waals surface area contributed by atoms with E-state index in [9.17, 15) is 4.79 Å². The molecule has 2 nitrogen and oxygen atoms in total. The number of aromatic nitrogens is 1. The lowest BCUT2D eigenvalue weighted by Gasteiger charge is -2.20. The molecule has 1 aliphatic rings. The van der Waals surface area contributed by atoms with E-state index in [0.29, 0.717) is 0 Å². The minimum absolute atomic E-state index is 0.179. The molecule has 98 valence electrons. The molecule has 0 N–H and O–H groups in total. The predicted octanol–water partition coefficient (Wildman–Crippen LogP) is 3.88. The zero-order chi connectivity index (χ0) is 13.4. The number of para-hydroxylation sites is 1. The standard InChI is InChI=1S/C17H19NO/c1-3-12-7-6-9-14-16(11(2)19)13-8-4-5-10-15(13)18-17(12)14/h6-7,9H,3-5,8,10H2,1-2H3. The Bertz CT molecular complexity index is 658. The molecule has 0 spiro atoms. The fourth-order valence-corrected chi connectivity index (χ4v) is 3.19. The Morgan fingerprint density at radius 2 is 2.05 bits per heavy atom. The van der Waals surface area contributed by atoms with Gasteiger partial charge in [0.05, 0.1) is 5.52 Å². The number of aryl methyl sites for hydroxylation is 2.